The number of rotatable bonds is 7. The molecule has 19 heteroatoms. The first-order chi connectivity index (χ1) is 22.5. The second-order valence-corrected chi connectivity index (χ2v) is 11.9. The first-order valence-corrected chi connectivity index (χ1v) is 14.0. The zero-order valence-corrected chi connectivity index (χ0v) is 26.2. The number of phenolic OH excluding ortho intramolecular Hbond substituents is 9. The van der Waals surface area contributed by atoms with E-state index in [-0.39, 0.29) is 0 Å². The Morgan fingerprint density at radius 3 is 1.33 bits per heavy atom. The Balaban J connectivity index is 1.78. The number of aliphatic hydroxyl groups is 2. The maximum Gasteiger partial charge on any atom is 0.341 e. The molecule has 0 radical (unpaired) electrons. The van der Waals surface area contributed by atoms with E-state index in [2.05, 4.69) is 0 Å². The van der Waals surface area contributed by atoms with E-state index in [1.165, 1.54) is 0 Å². The number of phenols is 9. The molecule has 0 bridgehead atoms. The molecule has 1 aliphatic heterocycles. The number of hydrogen-bond donors (Lipinski definition) is 11. The normalized spacial score (nSPS) is 26.4. The van der Waals surface area contributed by atoms with E-state index >= 15 is 0 Å². The quantitative estimate of drug-likeness (QED) is 0.0714. The molecule has 3 aromatic carbocycles. The summed E-state index contributed by atoms with van der Waals surface area (Å²) in [4.78, 5) is 39.4. The van der Waals surface area contributed by atoms with Crippen LogP contribution in [0, 0.1) is 0 Å². The van der Waals surface area contributed by atoms with Crippen LogP contribution in [-0.2, 0) is 18.9 Å². The van der Waals surface area contributed by atoms with Crippen LogP contribution in [0.25, 0.3) is 0 Å². The van der Waals surface area contributed by atoms with Crippen molar-refractivity contribution in [2.75, 3.05) is 6.61 Å². The Labute approximate surface area is 279 Å². The van der Waals surface area contributed by atoms with Gasteiger partial charge in [0.15, 0.2) is 62.9 Å². The number of aromatic hydroxyl groups is 9. The molecule has 0 aliphatic carbocycles. The molecular weight excluding hydrogens is 684 g/mol. The third kappa shape index (κ3) is 6.01. The zero-order chi connectivity index (χ0) is 37.0. The van der Waals surface area contributed by atoms with Gasteiger partial charge < -0.3 is 75.1 Å². The van der Waals surface area contributed by atoms with Crippen LogP contribution >= 0.6 is 11.6 Å². The van der Waals surface area contributed by atoms with Crippen LogP contribution in [0.15, 0.2) is 36.4 Å². The van der Waals surface area contributed by atoms with Crippen molar-refractivity contribution in [2.45, 2.75) is 48.9 Å². The summed E-state index contributed by atoms with van der Waals surface area (Å²) in [5.41, 5.74) is -10.4. The van der Waals surface area contributed by atoms with Crippen molar-refractivity contribution >= 4 is 29.5 Å². The molecule has 0 spiro atoms. The van der Waals surface area contributed by atoms with Gasteiger partial charge in [0, 0.05) is 0 Å². The number of esters is 3. The number of carbonyl (C=O) groups is 3. The smallest absolute Gasteiger partial charge is 0.341 e. The highest BCUT2D eigenvalue weighted by molar-refractivity contribution is 6.23. The van der Waals surface area contributed by atoms with Gasteiger partial charge in [-0.25, -0.2) is 14.4 Å². The largest absolute Gasteiger partial charge is 0.504 e. The van der Waals surface area contributed by atoms with Crippen molar-refractivity contribution in [2.24, 2.45) is 0 Å². The number of carbonyl (C=O) groups excluding carboxylic acids is 3. The molecule has 0 aromatic heterocycles. The second kappa shape index (κ2) is 12.2. The lowest BCUT2D eigenvalue weighted by Gasteiger charge is -2.60. The van der Waals surface area contributed by atoms with Crippen molar-refractivity contribution < 1.29 is 89.5 Å². The van der Waals surface area contributed by atoms with Crippen molar-refractivity contribution in [3.05, 3.63) is 53.1 Å². The van der Waals surface area contributed by atoms with E-state index < -0.39 is 121 Å². The maximum atomic E-state index is 13.3. The Morgan fingerprint density at radius 2 is 0.959 bits per heavy atom. The van der Waals surface area contributed by atoms with Gasteiger partial charge >= 0.3 is 23.2 Å². The first-order valence-electron chi connectivity index (χ1n) is 13.7. The van der Waals surface area contributed by atoms with Crippen molar-refractivity contribution in [1.29, 1.82) is 0 Å². The molecule has 18 nitrogen and oxygen atoms in total. The first kappa shape index (κ1) is 36.3. The maximum absolute atomic E-state index is 13.3. The molecule has 1 saturated heterocycles. The number of benzene rings is 3. The van der Waals surface area contributed by atoms with Gasteiger partial charge in [-0.05, 0) is 68.8 Å². The summed E-state index contributed by atoms with van der Waals surface area (Å²) in [6, 6.07) is 4.01. The van der Waals surface area contributed by atoms with Gasteiger partial charge in [0.1, 0.15) is 18.3 Å². The molecule has 0 amide bonds. The lowest BCUT2D eigenvalue weighted by Crippen LogP contribution is -2.82. The van der Waals surface area contributed by atoms with Gasteiger partial charge in [-0.1, -0.05) is 0 Å². The van der Waals surface area contributed by atoms with Gasteiger partial charge in [-0.3, -0.25) is 0 Å². The number of hydrogen-bond acceptors (Lipinski definition) is 18. The highest BCUT2D eigenvalue weighted by atomic mass is 35.5. The summed E-state index contributed by atoms with van der Waals surface area (Å²) < 4.78 is 21.5. The van der Waals surface area contributed by atoms with Crippen molar-refractivity contribution in [3.8, 4) is 51.7 Å². The zero-order valence-electron chi connectivity index (χ0n) is 25.4. The molecule has 3 aromatic rings. The lowest BCUT2D eigenvalue weighted by atomic mass is 9.68. The van der Waals surface area contributed by atoms with Crippen LogP contribution in [0.1, 0.15) is 51.8 Å². The number of halogens is 1. The summed E-state index contributed by atoms with van der Waals surface area (Å²) in [5.74, 6) is -13.0. The molecule has 49 heavy (non-hydrogen) atoms. The summed E-state index contributed by atoms with van der Waals surface area (Å²) in [5, 5.41) is 108. The third-order valence-corrected chi connectivity index (χ3v) is 8.73. The highest BCUT2D eigenvalue weighted by Gasteiger charge is 2.76. The number of ether oxygens (including phenoxy) is 4. The molecule has 0 saturated carbocycles. The van der Waals surface area contributed by atoms with E-state index in [4.69, 9.17) is 30.5 Å². The summed E-state index contributed by atoms with van der Waals surface area (Å²) in [7, 11) is 0. The summed E-state index contributed by atoms with van der Waals surface area (Å²) in [6.07, 6.45) is -2.03. The molecule has 1 heterocycles. The fraction of sp³-hybridized carbons (Fsp3) is 0.300. The predicted molar refractivity (Wildman–Crippen MR) is 159 cm³/mol. The van der Waals surface area contributed by atoms with E-state index in [9.17, 15) is 70.6 Å². The molecule has 1 fully saturated rings. The van der Waals surface area contributed by atoms with Crippen LogP contribution < -0.4 is 0 Å². The summed E-state index contributed by atoms with van der Waals surface area (Å²) >= 11 is 6.58. The molecule has 5 atom stereocenters. The Bertz CT molecular complexity index is 1790. The van der Waals surface area contributed by atoms with Crippen LogP contribution in [-0.4, -0.2) is 109 Å². The molecular formula is C30H29ClO18. The molecule has 4 rings (SSSR count). The standard InChI is InChI=1S/C30H29ClO18/c1-27(44)20(10-46-24(41)11-4-14(32)21(38)15(33)5-11)47-30(31,49-26(43)13-8-18(36)23(40)19(37)9-13)28(2,45)29(27,3)48-25(42)12-6-16(34)22(39)17(35)7-12/h4-9,20,32-40,44-45H,10H2,1-3H3/t20-,27-,28-,29+,30+/m1/s1. The average molecular weight is 713 g/mol. The van der Waals surface area contributed by atoms with Crippen LogP contribution in [0.2, 0.25) is 0 Å². The molecule has 264 valence electrons. The van der Waals surface area contributed by atoms with Gasteiger partial charge in [0.05, 0.1) is 16.7 Å². The van der Waals surface area contributed by atoms with Crippen LogP contribution in [0.5, 0.6) is 51.7 Å². The Morgan fingerprint density at radius 1 is 0.633 bits per heavy atom. The summed E-state index contributed by atoms with van der Waals surface area (Å²) in [6.45, 7) is 1.54. The fourth-order valence-electron chi connectivity index (χ4n) is 4.84. The van der Waals surface area contributed by atoms with Gasteiger partial charge in [-0.15, -0.1) is 0 Å². The lowest BCUT2D eigenvalue weighted by molar-refractivity contribution is -0.395. The highest BCUT2D eigenvalue weighted by Crippen LogP contribution is 2.54. The second-order valence-electron chi connectivity index (χ2n) is 11.4. The molecule has 1 aliphatic rings. The fourth-order valence-corrected chi connectivity index (χ4v) is 5.20. The van der Waals surface area contributed by atoms with Gasteiger partial charge in [-0.2, -0.15) is 0 Å². The van der Waals surface area contributed by atoms with Crippen molar-refractivity contribution in [1.82, 2.24) is 0 Å². The van der Waals surface area contributed by atoms with Crippen LogP contribution in [0.3, 0.4) is 0 Å². The molecule has 11 N–H and O–H groups in total. The Hall–Kier alpha value is -5.56. The molecule has 0 unspecified atom stereocenters. The van der Waals surface area contributed by atoms with Crippen LogP contribution in [0.4, 0.5) is 0 Å². The van der Waals surface area contributed by atoms with E-state index in [0.29, 0.717) is 36.4 Å². The van der Waals surface area contributed by atoms with E-state index in [1.54, 1.807) is 0 Å². The minimum absolute atomic E-state index is 0.521. The van der Waals surface area contributed by atoms with Gasteiger partial charge in [0.2, 0.25) is 0 Å². The van der Waals surface area contributed by atoms with Gasteiger partial charge in [0.25, 0.3) is 0 Å². The Kier molecular flexibility index (Phi) is 9.00. The average Bonchev–Trinajstić information content (AvgIpc) is 3.01. The predicted octanol–water partition coefficient (Wildman–Crippen LogP) is 1.46. The number of alkyl halides is 1. The van der Waals surface area contributed by atoms with Crippen molar-refractivity contribution in [3.63, 3.8) is 0 Å². The van der Waals surface area contributed by atoms with E-state index in [1.807, 2.05) is 0 Å². The minimum atomic E-state index is -3.23. The SMILES string of the molecule is C[C@]1(O)[C@@](Cl)(OC(=O)c2cc(O)c(O)c(O)c2)O[C@H](COC(=O)c2cc(O)c(O)c(O)c2)[C@@](C)(O)[C@]1(C)OC(=O)c1cc(O)c(O)c(O)c1. The van der Waals surface area contributed by atoms with E-state index in [0.717, 1.165) is 20.8 Å². The third-order valence-electron chi connectivity index (χ3n) is 8.20. The minimum Gasteiger partial charge on any atom is -0.504 e. The topological polar surface area (TPSA) is 311 Å². The monoisotopic (exact) mass is 712 g/mol.